The fourth-order valence-electron chi connectivity index (χ4n) is 4.16. The molecule has 1 aliphatic heterocycles. The molecule has 1 fully saturated rings. The SMILES string of the molecule is COc1cc(N)c(Cl)cc1C(=O)NCC1CCN(CCCCCNCc2ccncc2)CC1. The maximum atomic E-state index is 12.6. The Bertz CT molecular complexity index is 873. The van der Waals surface area contributed by atoms with E-state index in [1.54, 1.807) is 12.1 Å². The Morgan fingerprint density at radius 3 is 2.70 bits per heavy atom. The summed E-state index contributed by atoms with van der Waals surface area (Å²) in [6, 6.07) is 7.26. The molecule has 8 heteroatoms. The van der Waals surface area contributed by atoms with E-state index < -0.39 is 0 Å². The van der Waals surface area contributed by atoms with Crippen LogP contribution in [0.25, 0.3) is 0 Å². The lowest BCUT2D eigenvalue weighted by Gasteiger charge is -2.32. The summed E-state index contributed by atoms with van der Waals surface area (Å²) in [6.07, 6.45) is 9.55. The van der Waals surface area contributed by atoms with Crippen LogP contribution < -0.4 is 21.1 Å². The van der Waals surface area contributed by atoms with Crippen LogP contribution in [0.5, 0.6) is 5.75 Å². The van der Waals surface area contributed by atoms with Crippen LogP contribution in [-0.4, -0.2) is 55.6 Å². The first-order valence-corrected chi connectivity index (χ1v) is 12.2. The van der Waals surface area contributed by atoms with E-state index in [2.05, 4.69) is 20.5 Å². The number of ether oxygens (including phenoxy) is 1. The Labute approximate surface area is 202 Å². The molecule has 2 heterocycles. The van der Waals surface area contributed by atoms with Crippen molar-refractivity contribution < 1.29 is 9.53 Å². The van der Waals surface area contributed by atoms with E-state index >= 15 is 0 Å². The zero-order valence-corrected chi connectivity index (χ0v) is 20.2. The lowest BCUT2D eigenvalue weighted by atomic mass is 9.96. The number of carbonyl (C=O) groups excluding carboxylic acids is 1. The maximum Gasteiger partial charge on any atom is 0.255 e. The summed E-state index contributed by atoms with van der Waals surface area (Å²) in [7, 11) is 1.52. The number of aromatic nitrogens is 1. The number of nitrogens with one attached hydrogen (secondary N) is 2. The third-order valence-electron chi connectivity index (χ3n) is 6.23. The normalized spacial score (nSPS) is 14.8. The standard InChI is InChI=1S/C25H36ClN5O2/c1-33-24-16-23(27)22(26)15-21(24)25(32)30-18-20-7-13-31(14-8-20)12-4-2-3-9-29-17-19-5-10-28-11-6-19/h5-6,10-11,15-16,20,29H,2-4,7-9,12-14,17-18,27H2,1H3,(H,30,32). The first kappa shape index (κ1) is 25.3. The second-order valence-corrected chi connectivity index (χ2v) is 9.07. The number of nitrogen functional groups attached to an aromatic ring is 1. The molecule has 33 heavy (non-hydrogen) atoms. The van der Waals surface area contributed by atoms with Crippen molar-refractivity contribution in [2.75, 3.05) is 45.6 Å². The number of benzene rings is 1. The summed E-state index contributed by atoms with van der Waals surface area (Å²) >= 11 is 6.08. The highest BCUT2D eigenvalue weighted by Gasteiger charge is 2.21. The van der Waals surface area contributed by atoms with Crippen molar-refractivity contribution in [3.63, 3.8) is 0 Å². The number of anilines is 1. The number of carbonyl (C=O) groups is 1. The van der Waals surface area contributed by atoms with Crippen LogP contribution in [0.1, 0.15) is 48.0 Å². The quantitative estimate of drug-likeness (QED) is 0.321. The molecule has 180 valence electrons. The van der Waals surface area contributed by atoms with Gasteiger partial charge in [0.2, 0.25) is 0 Å². The van der Waals surface area contributed by atoms with Gasteiger partial charge >= 0.3 is 0 Å². The van der Waals surface area contributed by atoms with Crippen molar-refractivity contribution in [2.45, 2.75) is 38.6 Å². The lowest BCUT2D eigenvalue weighted by Crippen LogP contribution is -2.39. The fraction of sp³-hybridized carbons (Fsp3) is 0.520. The number of amides is 1. The van der Waals surface area contributed by atoms with Crippen LogP contribution >= 0.6 is 11.6 Å². The number of rotatable bonds is 12. The zero-order valence-electron chi connectivity index (χ0n) is 19.5. The molecule has 1 aromatic carbocycles. The largest absolute Gasteiger partial charge is 0.496 e. The number of nitrogens with zero attached hydrogens (tertiary/aromatic N) is 2. The van der Waals surface area contributed by atoms with Crippen molar-refractivity contribution >= 4 is 23.2 Å². The number of pyridine rings is 1. The number of piperidine rings is 1. The summed E-state index contributed by atoms with van der Waals surface area (Å²) < 4.78 is 5.28. The second kappa shape index (κ2) is 13.4. The van der Waals surface area contributed by atoms with Gasteiger partial charge in [-0.2, -0.15) is 0 Å². The second-order valence-electron chi connectivity index (χ2n) is 8.66. The van der Waals surface area contributed by atoms with E-state index in [0.717, 1.165) is 45.6 Å². The third kappa shape index (κ3) is 8.18. The van der Waals surface area contributed by atoms with Crippen molar-refractivity contribution in [2.24, 2.45) is 5.92 Å². The Kier molecular flexibility index (Phi) is 10.2. The molecule has 0 radical (unpaired) electrons. The Morgan fingerprint density at radius 1 is 1.21 bits per heavy atom. The zero-order chi connectivity index (χ0) is 23.5. The minimum Gasteiger partial charge on any atom is -0.496 e. The fourth-order valence-corrected chi connectivity index (χ4v) is 4.32. The van der Waals surface area contributed by atoms with Gasteiger partial charge in [0.15, 0.2) is 0 Å². The first-order valence-electron chi connectivity index (χ1n) is 11.8. The summed E-state index contributed by atoms with van der Waals surface area (Å²) in [6.45, 7) is 5.97. The molecule has 0 bridgehead atoms. The molecule has 0 unspecified atom stereocenters. The Balaban J connectivity index is 1.26. The van der Waals surface area contributed by atoms with Crippen LogP contribution in [-0.2, 0) is 6.54 Å². The van der Waals surface area contributed by atoms with Crippen LogP contribution in [0.4, 0.5) is 5.69 Å². The molecular weight excluding hydrogens is 438 g/mol. The maximum absolute atomic E-state index is 12.6. The van der Waals surface area contributed by atoms with Crippen molar-refractivity contribution in [1.82, 2.24) is 20.5 Å². The highest BCUT2D eigenvalue weighted by molar-refractivity contribution is 6.33. The highest BCUT2D eigenvalue weighted by Crippen LogP contribution is 2.29. The number of likely N-dealkylation sites (tertiary alicyclic amines) is 1. The van der Waals surface area contributed by atoms with Crippen LogP contribution in [0.2, 0.25) is 5.02 Å². The van der Waals surface area contributed by atoms with E-state index in [0.29, 0.717) is 34.5 Å². The van der Waals surface area contributed by atoms with Gasteiger partial charge in [-0.05, 0) is 81.5 Å². The van der Waals surface area contributed by atoms with E-state index in [-0.39, 0.29) is 5.91 Å². The molecule has 2 aromatic rings. The van der Waals surface area contributed by atoms with Gasteiger partial charge in [0, 0.05) is 31.5 Å². The molecule has 0 aliphatic carbocycles. The predicted molar refractivity (Wildman–Crippen MR) is 134 cm³/mol. The van der Waals surface area contributed by atoms with Gasteiger partial charge < -0.3 is 26.0 Å². The number of hydrogen-bond donors (Lipinski definition) is 3. The van der Waals surface area contributed by atoms with Gasteiger partial charge in [-0.1, -0.05) is 18.0 Å². The first-order chi connectivity index (χ1) is 16.1. The molecule has 1 amide bonds. The van der Waals surface area contributed by atoms with Crippen LogP contribution in [0.15, 0.2) is 36.7 Å². The number of nitrogens with two attached hydrogens (primary N) is 1. The average Bonchev–Trinajstić information content (AvgIpc) is 2.84. The number of unbranched alkanes of at least 4 members (excludes halogenated alkanes) is 2. The predicted octanol–water partition coefficient (Wildman–Crippen LogP) is 3.73. The highest BCUT2D eigenvalue weighted by atomic mass is 35.5. The molecule has 0 atom stereocenters. The molecule has 1 saturated heterocycles. The smallest absolute Gasteiger partial charge is 0.255 e. The summed E-state index contributed by atoms with van der Waals surface area (Å²) in [5.74, 6) is 0.767. The lowest BCUT2D eigenvalue weighted by molar-refractivity contribution is 0.0933. The molecule has 7 nitrogen and oxygen atoms in total. The minimum atomic E-state index is -0.172. The van der Waals surface area contributed by atoms with Crippen LogP contribution in [0, 0.1) is 5.92 Å². The van der Waals surface area contributed by atoms with Crippen molar-refractivity contribution in [1.29, 1.82) is 0 Å². The van der Waals surface area contributed by atoms with Crippen molar-refractivity contribution in [3.8, 4) is 5.75 Å². The number of halogens is 1. The van der Waals surface area contributed by atoms with Gasteiger partial charge in [-0.3, -0.25) is 9.78 Å². The van der Waals surface area contributed by atoms with Gasteiger partial charge in [0.05, 0.1) is 23.4 Å². The van der Waals surface area contributed by atoms with E-state index in [4.69, 9.17) is 22.1 Å². The van der Waals surface area contributed by atoms with Gasteiger partial charge in [-0.25, -0.2) is 0 Å². The molecule has 3 rings (SSSR count). The molecule has 1 aromatic heterocycles. The van der Waals surface area contributed by atoms with Crippen molar-refractivity contribution in [3.05, 3.63) is 52.8 Å². The Hall–Kier alpha value is -2.35. The minimum absolute atomic E-state index is 0.172. The van der Waals surface area contributed by atoms with E-state index in [1.165, 1.54) is 31.9 Å². The molecule has 0 saturated carbocycles. The van der Waals surface area contributed by atoms with Gasteiger partial charge in [0.1, 0.15) is 5.75 Å². The molecular formula is C25H36ClN5O2. The van der Waals surface area contributed by atoms with Gasteiger partial charge in [0.25, 0.3) is 5.91 Å². The number of methoxy groups -OCH3 is 1. The summed E-state index contributed by atoms with van der Waals surface area (Å²) in [5, 5.41) is 6.90. The molecule has 4 N–H and O–H groups in total. The number of hydrogen-bond acceptors (Lipinski definition) is 6. The monoisotopic (exact) mass is 473 g/mol. The Morgan fingerprint density at radius 2 is 1.97 bits per heavy atom. The summed E-state index contributed by atoms with van der Waals surface area (Å²) in [4.78, 5) is 19.2. The van der Waals surface area contributed by atoms with E-state index in [1.807, 2.05) is 24.5 Å². The van der Waals surface area contributed by atoms with E-state index in [9.17, 15) is 4.79 Å². The molecule has 0 spiro atoms. The topological polar surface area (TPSA) is 92.5 Å². The third-order valence-corrected chi connectivity index (χ3v) is 6.56. The average molecular weight is 474 g/mol. The molecule has 1 aliphatic rings. The summed E-state index contributed by atoms with van der Waals surface area (Å²) in [5.41, 5.74) is 7.90. The van der Waals surface area contributed by atoms with Crippen LogP contribution in [0.3, 0.4) is 0 Å². The van der Waals surface area contributed by atoms with Gasteiger partial charge in [-0.15, -0.1) is 0 Å².